The SMILES string of the molecule is CCC1(CC)NC(=O)N(CC(=O)NCCc2ccc(OC(C)C)cc2)C1=O. The van der Waals surface area contributed by atoms with Crippen molar-refractivity contribution in [3.8, 4) is 5.75 Å². The molecule has 0 atom stereocenters. The van der Waals surface area contributed by atoms with Crippen LogP contribution in [0, 0.1) is 0 Å². The van der Waals surface area contributed by atoms with Gasteiger partial charge in [0.15, 0.2) is 0 Å². The quantitative estimate of drug-likeness (QED) is 0.648. The second-order valence-electron chi connectivity index (χ2n) is 7.02. The lowest BCUT2D eigenvalue weighted by molar-refractivity contribution is -0.135. The van der Waals surface area contributed by atoms with E-state index in [4.69, 9.17) is 4.74 Å². The van der Waals surface area contributed by atoms with Crippen molar-refractivity contribution in [2.75, 3.05) is 13.1 Å². The average Bonchev–Trinajstić information content (AvgIpc) is 2.87. The van der Waals surface area contributed by atoms with E-state index in [1.54, 1.807) is 0 Å². The lowest BCUT2D eigenvalue weighted by Crippen LogP contribution is -2.46. The van der Waals surface area contributed by atoms with E-state index in [9.17, 15) is 14.4 Å². The predicted octanol–water partition coefficient (Wildman–Crippen LogP) is 2.24. The zero-order chi connectivity index (χ0) is 20.0. The number of hydrogen-bond acceptors (Lipinski definition) is 4. The first-order valence-corrected chi connectivity index (χ1v) is 9.47. The highest BCUT2D eigenvalue weighted by Gasteiger charge is 2.49. The van der Waals surface area contributed by atoms with Gasteiger partial charge in [-0.3, -0.25) is 14.5 Å². The highest BCUT2D eigenvalue weighted by atomic mass is 16.5. The van der Waals surface area contributed by atoms with Crippen LogP contribution in [0.3, 0.4) is 0 Å². The normalized spacial score (nSPS) is 15.8. The lowest BCUT2D eigenvalue weighted by Gasteiger charge is -2.23. The molecule has 2 rings (SSSR count). The van der Waals surface area contributed by atoms with E-state index < -0.39 is 11.6 Å². The van der Waals surface area contributed by atoms with Crippen LogP contribution in [-0.2, 0) is 16.0 Å². The number of carbonyl (C=O) groups is 3. The minimum atomic E-state index is -0.878. The Kier molecular flexibility index (Phi) is 6.82. The molecule has 1 aromatic rings. The minimum absolute atomic E-state index is 0.125. The van der Waals surface area contributed by atoms with Crippen molar-refractivity contribution in [2.24, 2.45) is 0 Å². The monoisotopic (exact) mass is 375 g/mol. The topological polar surface area (TPSA) is 87.7 Å². The van der Waals surface area contributed by atoms with Crippen molar-refractivity contribution in [1.82, 2.24) is 15.5 Å². The molecule has 27 heavy (non-hydrogen) atoms. The fourth-order valence-corrected chi connectivity index (χ4v) is 3.10. The number of nitrogens with zero attached hydrogens (tertiary/aromatic N) is 1. The van der Waals surface area contributed by atoms with Crippen LogP contribution >= 0.6 is 0 Å². The van der Waals surface area contributed by atoms with Gasteiger partial charge in [-0.25, -0.2) is 4.79 Å². The van der Waals surface area contributed by atoms with Gasteiger partial charge in [0.1, 0.15) is 17.8 Å². The molecule has 7 nitrogen and oxygen atoms in total. The number of ether oxygens (including phenoxy) is 1. The molecule has 0 aliphatic carbocycles. The third kappa shape index (κ3) is 4.99. The maximum atomic E-state index is 12.5. The van der Waals surface area contributed by atoms with Gasteiger partial charge in [-0.1, -0.05) is 26.0 Å². The Hall–Kier alpha value is -2.57. The summed E-state index contributed by atoms with van der Waals surface area (Å²) < 4.78 is 5.60. The highest BCUT2D eigenvalue weighted by Crippen LogP contribution is 2.24. The molecule has 7 heteroatoms. The van der Waals surface area contributed by atoms with Crippen LogP contribution < -0.4 is 15.4 Å². The van der Waals surface area contributed by atoms with Crippen LogP contribution in [0.15, 0.2) is 24.3 Å². The van der Waals surface area contributed by atoms with E-state index in [2.05, 4.69) is 10.6 Å². The number of urea groups is 1. The smallest absolute Gasteiger partial charge is 0.325 e. The first kappa shape index (κ1) is 20.7. The van der Waals surface area contributed by atoms with Crippen molar-refractivity contribution in [2.45, 2.75) is 58.6 Å². The van der Waals surface area contributed by atoms with Gasteiger partial charge in [0.25, 0.3) is 5.91 Å². The molecule has 1 aliphatic heterocycles. The molecule has 1 saturated heterocycles. The second-order valence-corrected chi connectivity index (χ2v) is 7.02. The van der Waals surface area contributed by atoms with Gasteiger partial charge < -0.3 is 15.4 Å². The number of hydrogen-bond donors (Lipinski definition) is 2. The fraction of sp³-hybridized carbons (Fsp3) is 0.550. The molecule has 0 spiro atoms. The summed E-state index contributed by atoms with van der Waals surface area (Å²) in [6.45, 7) is 7.82. The molecule has 1 aliphatic rings. The van der Waals surface area contributed by atoms with Crippen LogP contribution in [0.25, 0.3) is 0 Å². The van der Waals surface area contributed by atoms with Crippen molar-refractivity contribution < 1.29 is 19.1 Å². The summed E-state index contributed by atoms with van der Waals surface area (Å²) in [6.07, 6.45) is 1.78. The molecule has 1 heterocycles. The molecule has 0 saturated carbocycles. The number of amides is 4. The summed E-state index contributed by atoms with van der Waals surface area (Å²) >= 11 is 0. The summed E-state index contributed by atoms with van der Waals surface area (Å²) in [7, 11) is 0. The standard InChI is InChI=1S/C20H29N3O4/c1-5-20(6-2)18(25)23(19(26)22-20)13-17(24)21-12-11-15-7-9-16(10-8-15)27-14(3)4/h7-10,14H,5-6,11-13H2,1-4H3,(H,21,24)(H,22,26). The van der Waals surface area contributed by atoms with Gasteiger partial charge in [0, 0.05) is 6.54 Å². The van der Waals surface area contributed by atoms with Gasteiger partial charge in [0.05, 0.1) is 6.10 Å². The van der Waals surface area contributed by atoms with Crippen LogP contribution in [-0.4, -0.2) is 47.5 Å². The van der Waals surface area contributed by atoms with Crippen molar-refractivity contribution in [3.05, 3.63) is 29.8 Å². The summed E-state index contributed by atoms with van der Waals surface area (Å²) in [6, 6.07) is 7.22. The van der Waals surface area contributed by atoms with E-state index in [1.165, 1.54) is 0 Å². The van der Waals surface area contributed by atoms with Crippen LogP contribution in [0.4, 0.5) is 4.79 Å². The molecule has 0 unspecified atom stereocenters. The first-order chi connectivity index (χ1) is 12.8. The zero-order valence-corrected chi connectivity index (χ0v) is 16.5. The van der Waals surface area contributed by atoms with Crippen LogP contribution in [0.1, 0.15) is 46.1 Å². The van der Waals surface area contributed by atoms with E-state index in [0.29, 0.717) is 25.8 Å². The van der Waals surface area contributed by atoms with Crippen LogP contribution in [0.5, 0.6) is 5.75 Å². The third-order valence-electron chi connectivity index (χ3n) is 4.79. The van der Waals surface area contributed by atoms with Crippen LogP contribution in [0.2, 0.25) is 0 Å². The Morgan fingerprint density at radius 2 is 1.81 bits per heavy atom. The summed E-state index contributed by atoms with van der Waals surface area (Å²) in [5.74, 6) is 0.140. The molecule has 0 bridgehead atoms. The zero-order valence-electron chi connectivity index (χ0n) is 16.5. The van der Waals surface area contributed by atoms with Gasteiger partial charge in [-0.2, -0.15) is 0 Å². The van der Waals surface area contributed by atoms with Gasteiger partial charge in [-0.05, 0) is 50.8 Å². The molecular weight excluding hydrogens is 346 g/mol. The Morgan fingerprint density at radius 3 is 2.33 bits per heavy atom. The summed E-state index contributed by atoms with van der Waals surface area (Å²) in [5.41, 5.74) is 0.189. The largest absolute Gasteiger partial charge is 0.491 e. The number of carbonyl (C=O) groups excluding carboxylic acids is 3. The van der Waals surface area contributed by atoms with E-state index in [1.807, 2.05) is 52.0 Å². The third-order valence-corrected chi connectivity index (χ3v) is 4.79. The molecule has 0 aromatic heterocycles. The van der Waals surface area contributed by atoms with E-state index in [-0.39, 0.29) is 24.5 Å². The lowest BCUT2D eigenvalue weighted by atomic mass is 9.93. The molecular formula is C20H29N3O4. The predicted molar refractivity (Wildman–Crippen MR) is 102 cm³/mol. The molecule has 1 aromatic carbocycles. The molecule has 4 amide bonds. The summed E-state index contributed by atoms with van der Waals surface area (Å²) in [4.78, 5) is 37.7. The molecule has 2 N–H and O–H groups in total. The second kappa shape index (κ2) is 8.88. The highest BCUT2D eigenvalue weighted by molar-refractivity contribution is 6.08. The Bertz CT molecular complexity index is 681. The van der Waals surface area contributed by atoms with Gasteiger partial charge in [0.2, 0.25) is 5.91 Å². The van der Waals surface area contributed by atoms with Crippen molar-refractivity contribution in [1.29, 1.82) is 0 Å². The van der Waals surface area contributed by atoms with E-state index in [0.717, 1.165) is 16.2 Å². The van der Waals surface area contributed by atoms with Crippen molar-refractivity contribution >= 4 is 17.8 Å². The number of rotatable bonds is 9. The number of nitrogens with one attached hydrogen (secondary N) is 2. The first-order valence-electron chi connectivity index (χ1n) is 9.47. The molecule has 0 radical (unpaired) electrons. The molecule has 1 fully saturated rings. The number of benzene rings is 1. The molecule has 148 valence electrons. The Labute approximate surface area is 160 Å². The minimum Gasteiger partial charge on any atom is -0.491 e. The van der Waals surface area contributed by atoms with Gasteiger partial charge in [-0.15, -0.1) is 0 Å². The maximum Gasteiger partial charge on any atom is 0.325 e. The van der Waals surface area contributed by atoms with Crippen molar-refractivity contribution in [3.63, 3.8) is 0 Å². The summed E-state index contributed by atoms with van der Waals surface area (Å²) in [5, 5.41) is 5.48. The van der Waals surface area contributed by atoms with E-state index >= 15 is 0 Å². The number of imide groups is 1. The maximum absolute atomic E-state index is 12.5. The Morgan fingerprint density at radius 1 is 1.19 bits per heavy atom. The fourth-order valence-electron chi connectivity index (χ4n) is 3.10. The average molecular weight is 375 g/mol. The Balaban J connectivity index is 1.81. The van der Waals surface area contributed by atoms with Gasteiger partial charge >= 0.3 is 6.03 Å².